The Hall–Kier alpha value is -2.92. The van der Waals surface area contributed by atoms with Crippen LogP contribution in [0.3, 0.4) is 0 Å². The molecular weight excluding hydrogens is 406 g/mol. The minimum absolute atomic E-state index is 0.0898. The lowest BCUT2D eigenvalue weighted by molar-refractivity contribution is 0.0721. The SMILES string of the molecule is Cc1ccc(N2CCN(C(=O)c3ccc(F)c(F)c3)CC2c2ccc(Cl)cc2)cc1. The summed E-state index contributed by atoms with van der Waals surface area (Å²) in [6.07, 6.45) is 0. The van der Waals surface area contributed by atoms with Crippen molar-refractivity contribution in [3.8, 4) is 0 Å². The minimum atomic E-state index is -1.02. The summed E-state index contributed by atoms with van der Waals surface area (Å²) < 4.78 is 26.9. The molecule has 1 fully saturated rings. The molecule has 0 aromatic heterocycles. The average Bonchev–Trinajstić information content (AvgIpc) is 2.76. The summed E-state index contributed by atoms with van der Waals surface area (Å²) in [6, 6.07) is 19.0. The van der Waals surface area contributed by atoms with E-state index < -0.39 is 11.6 Å². The molecule has 3 aromatic rings. The van der Waals surface area contributed by atoms with Crippen LogP contribution in [-0.2, 0) is 0 Å². The second-order valence-electron chi connectivity index (χ2n) is 7.48. The molecule has 154 valence electrons. The number of carbonyl (C=O) groups excluding carboxylic acids is 1. The summed E-state index contributed by atoms with van der Waals surface area (Å²) in [5.41, 5.74) is 3.42. The van der Waals surface area contributed by atoms with Crippen molar-refractivity contribution in [2.45, 2.75) is 13.0 Å². The number of benzene rings is 3. The molecule has 1 heterocycles. The predicted molar refractivity (Wildman–Crippen MR) is 115 cm³/mol. The predicted octanol–water partition coefficient (Wildman–Crippen LogP) is 5.63. The van der Waals surface area contributed by atoms with Crippen molar-refractivity contribution in [1.29, 1.82) is 0 Å². The van der Waals surface area contributed by atoms with Crippen molar-refractivity contribution in [1.82, 2.24) is 4.90 Å². The van der Waals surface area contributed by atoms with Gasteiger partial charge in [-0.1, -0.05) is 41.4 Å². The molecule has 4 rings (SSSR count). The fraction of sp³-hybridized carbons (Fsp3) is 0.208. The summed E-state index contributed by atoms with van der Waals surface area (Å²) >= 11 is 6.06. The first-order chi connectivity index (χ1) is 14.4. The van der Waals surface area contributed by atoms with Gasteiger partial charge in [-0.25, -0.2) is 8.78 Å². The van der Waals surface area contributed by atoms with Crippen molar-refractivity contribution in [3.05, 3.63) is 100 Å². The van der Waals surface area contributed by atoms with Crippen molar-refractivity contribution in [2.75, 3.05) is 24.5 Å². The van der Waals surface area contributed by atoms with Gasteiger partial charge in [0.15, 0.2) is 11.6 Å². The standard InChI is InChI=1S/C24H21ClF2N2O/c1-16-2-9-20(10-3-16)29-13-12-28(15-23(29)17-4-7-19(25)8-5-17)24(30)18-6-11-21(26)22(27)14-18/h2-11,14,23H,12-13,15H2,1H3. The number of piperazine rings is 1. The molecule has 3 nitrogen and oxygen atoms in total. The van der Waals surface area contributed by atoms with E-state index in [9.17, 15) is 13.6 Å². The van der Waals surface area contributed by atoms with E-state index in [0.29, 0.717) is 24.7 Å². The first-order valence-corrected chi connectivity index (χ1v) is 10.1. The molecule has 1 aliphatic rings. The highest BCUT2D eigenvalue weighted by molar-refractivity contribution is 6.30. The zero-order valence-corrected chi connectivity index (χ0v) is 17.2. The first kappa shape index (κ1) is 20.4. The summed E-state index contributed by atoms with van der Waals surface area (Å²) in [5, 5.41) is 0.645. The Balaban J connectivity index is 1.64. The molecule has 1 aliphatic heterocycles. The molecule has 1 saturated heterocycles. The number of hydrogen-bond acceptors (Lipinski definition) is 2. The number of nitrogens with zero attached hydrogens (tertiary/aromatic N) is 2. The molecule has 0 saturated carbocycles. The van der Waals surface area contributed by atoms with Crippen LogP contribution in [-0.4, -0.2) is 30.4 Å². The third-order valence-electron chi connectivity index (χ3n) is 5.45. The molecule has 0 radical (unpaired) electrons. The van der Waals surface area contributed by atoms with E-state index in [4.69, 9.17) is 11.6 Å². The summed E-state index contributed by atoms with van der Waals surface area (Å²) in [7, 11) is 0. The third-order valence-corrected chi connectivity index (χ3v) is 5.71. The van der Waals surface area contributed by atoms with E-state index in [0.717, 1.165) is 23.4 Å². The molecule has 3 aromatic carbocycles. The van der Waals surface area contributed by atoms with Gasteiger partial charge >= 0.3 is 0 Å². The largest absolute Gasteiger partial charge is 0.361 e. The van der Waals surface area contributed by atoms with E-state index in [2.05, 4.69) is 29.2 Å². The maximum absolute atomic E-state index is 13.6. The van der Waals surface area contributed by atoms with E-state index in [1.165, 1.54) is 11.6 Å². The molecule has 0 N–H and O–H groups in total. The molecule has 1 amide bonds. The van der Waals surface area contributed by atoms with Crippen LogP contribution in [0.5, 0.6) is 0 Å². The van der Waals surface area contributed by atoms with Crippen LogP contribution in [0, 0.1) is 18.6 Å². The third kappa shape index (κ3) is 4.17. The molecule has 0 spiro atoms. The number of aryl methyl sites for hydroxylation is 1. The summed E-state index contributed by atoms with van der Waals surface area (Å²) in [5.74, 6) is -2.29. The maximum atomic E-state index is 13.6. The van der Waals surface area contributed by atoms with Gasteiger partial charge in [0.25, 0.3) is 5.91 Å². The zero-order valence-electron chi connectivity index (χ0n) is 16.5. The smallest absolute Gasteiger partial charge is 0.254 e. The molecule has 0 aliphatic carbocycles. The van der Waals surface area contributed by atoms with E-state index in [1.54, 1.807) is 4.90 Å². The van der Waals surface area contributed by atoms with Crippen LogP contribution >= 0.6 is 11.6 Å². The average molecular weight is 427 g/mol. The number of rotatable bonds is 3. The number of amides is 1. The topological polar surface area (TPSA) is 23.6 Å². The zero-order chi connectivity index (χ0) is 21.3. The van der Waals surface area contributed by atoms with E-state index in [1.807, 2.05) is 31.2 Å². The molecule has 6 heteroatoms. The minimum Gasteiger partial charge on any atom is -0.361 e. The van der Waals surface area contributed by atoms with Crippen LogP contribution in [0.2, 0.25) is 5.02 Å². The van der Waals surface area contributed by atoms with Gasteiger partial charge < -0.3 is 9.80 Å². The van der Waals surface area contributed by atoms with Crippen LogP contribution in [0.15, 0.2) is 66.7 Å². The van der Waals surface area contributed by atoms with Crippen molar-refractivity contribution < 1.29 is 13.6 Å². The van der Waals surface area contributed by atoms with Gasteiger partial charge in [0.2, 0.25) is 0 Å². The lowest BCUT2D eigenvalue weighted by Gasteiger charge is -2.43. The van der Waals surface area contributed by atoms with Gasteiger partial charge in [0.05, 0.1) is 6.04 Å². The highest BCUT2D eigenvalue weighted by Crippen LogP contribution is 2.32. The van der Waals surface area contributed by atoms with Gasteiger partial charge in [0, 0.05) is 35.9 Å². The van der Waals surface area contributed by atoms with Crippen LogP contribution < -0.4 is 4.90 Å². The van der Waals surface area contributed by atoms with Crippen LogP contribution in [0.25, 0.3) is 0 Å². The van der Waals surface area contributed by atoms with Gasteiger partial charge in [-0.3, -0.25) is 4.79 Å². The van der Waals surface area contributed by atoms with Crippen LogP contribution in [0.4, 0.5) is 14.5 Å². The molecule has 30 heavy (non-hydrogen) atoms. The number of hydrogen-bond donors (Lipinski definition) is 0. The first-order valence-electron chi connectivity index (χ1n) is 9.75. The fourth-order valence-electron chi connectivity index (χ4n) is 3.79. The number of anilines is 1. The Morgan fingerprint density at radius 2 is 1.63 bits per heavy atom. The highest BCUT2D eigenvalue weighted by Gasteiger charge is 2.31. The van der Waals surface area contributed by atoms with Crippen molar-refractivity contribution in [2.24, 2.45) is 0 Å². The second kappa shape index (κ2) is 8.44. The number of halogens is 3. The molecule has 0 bridgehead atoms. The summed E-state index contributed by atoms with van der Waals surface area (Å²) in [6.45, 7) is 3.56. The Labute approximate surface area is 179 Å². The van der Waals surface area contributed by atoms with E-state index >= 15 is 0 Å². The normalized spacial score (nSPS) is 16.6. The molecule has 1 atom stereocenters. The second-order valence-corrected chi connectivity index (χ2v) is 7.91. The van der Waals surface area contributed by atoms with Gasteiger partial charge in [-0.15, -0.1) is 0 Å². The molecular formula is C24H21ClF2N2O. The lowest BCUT2D eigenvalue weighted by atomic mass is 10.0. The Morgan fingerprint density at radius 3 is 2.30 bits per heavy atom. The van der Waals surface area contributed by atoms with Crippen molar-refractivity contribution in [3.63, 3.8) is 0 Å². The van der Waals surface area contributed by atoms with E-state index in [-0.39, 0.29) is 17.5 Å². The lowest BCUT2D eigenvalue weighted by Crippen LogP contribution is -2.50. The number of carbonyl (C=O) groups is 1. The fourth-order valence-corrected chi connectivity index (χ4v) is 3.92. The summed E-state index contributed by atoms with van der Waals surface area (Å²) in [4.78, 5) is 16.9. The van der Waals surface area contributed by atoms with Gasteiger partial charge in [-0.2, -0.15) is 0 Å². The highest BCUT2D eigenvalue weighted by atomic mass is 35.5. The monoisotopic (exact) mass is 426 g/mol. The van der Waals surface area contributed by atoms with Crippen LogP contribution in [0.1, 0.15) is 27.5 Å². The maximum Gasteiger partial charge on any atom is 0.254 e. The Bertz CT molecular complexity index is 1050. The quantitative estimate of drug-likeness (QED) is 0.542. The van der Waals surface area contributed by atoms with Gasteiger partial charge in [0.1, 0.15) is 0 Å². The Kier molecular flexibility index (Phi) is 5.73. The Morgan fingerprint density at radius 1 is 0.933 bits per heavy atom. The molecule has 1 unspecified atom stereocenters. The van der Waals surface area contributed by atoms with Gasteiger partial charge in [-0.05, 0) is 55.0 Å². The van der Waals surface area contributed by atoms with Crippen molar-refractivity contribution >= 4 is 23.2 Å².